The number of nitrogens with one attached hydrogen (secondary N) is 1. The number of para-hydroxylation sites is 1. The minimum absolute atomic E-state index is 0.0334. The number of carboxylic acids is 1. The predicted molar refractivity (Wildman–Crippen MR) is 125 cm³/mol. The van der Waals surface area contributed by atoms with Crippen LogP contribution in [0.1, 0.15) is 24.9 Å². The SMILES string of the molecule is O=C(O)c1sc(C(=O)N/N=C/c2ccccc2O)c(-c2ccccc2)c1-c1ccccc1. The molecule has 1 heterocycles. The van der Waals surface area contributed by atoms with Crippen molar-refractivity contribution in [1.82, 2.24) is 5.43 Å². The van der Waals surface area contributed by atoms with Crippen molar-refractivity contribution in [2.45, 2.75) is 0 Å². The van der Waals surface area contributed by atoms with E-state index in [4.69, 9.17) is 0 Å². The number of carbonyl (C=O) groups is 2. The third-order valence-electron chi connectivity index (χ3n) is 4.74. The Balaban J connectivity index is 1.80. The predicted octanol–water partition coefficient (Wildman–Crippen LogP) is 5.25. The first-order valence-corrected chi connectivity index (χ1v) is 10.5. The first kappa shape index (κ1) is 21.0. The molecule has 0 bridgehead atoms. The number of carboxylic acid groups (broad SMARTS) is 1. The highest BCUT2D eigenvalue weighted by Crippen LogP contribution is 2.43. The van der Waals surface area contributed by atoms with Crippen LogP contribution in [0.2, 0.25) is 0 Å². The van der Waals surface area contributed by atoms with E-state index >= 15 is 0 Å². The number of carbonyl (C=O) groups excluding carboxylic acids is 1. The number of rotatable bonds is 6. The summed E-state index contributed by atoms with van der Waals surface area (Å²) in [6.07, 6.45) is 1.33. The van der Waals surface area contributed by atoms with E-state index in [9.17, 15) is 19.8 Å². The summed E-state index contributed by atoms with van der Waals surface area (Å²) in [5.74, 6) is -1.61. The van der Waals surface area contributed by atoms with Crippen LogP contribution in [0.4, 0.5) is 0 Å². The van der Waals surface area contributed by atoms with Crippen LogP contribution in [0.5, 0.6) is 5.75 Å². The van der Waals surface area contributed by atoms with E-state index in [0.717, 1.165) is 16.9 Å². The molecule has 4 aromatic rings. The minimum Gasteiger partial charge on any atom is -0.507 e. The van der Waals surface area contributed by atoms with E-state index < -0.39 is 11.9 Å². The van der Waals surface area contributed by atoms with Crippen molar-refractivity contribution in [3.05, 3.63) is 100 Å². The third kappa shape index (κ3) is 4.28. The Labute approximate surface area is 188 Å². The maximum Gasteiger partial charge on any atom is 0.346 e. The third-order valence-corrected chi connectivity index (χ3v) is 5.92. The molecule has 1 amide bonds. The molecule has 32 heavy (non-hydrogen) atoms. The molecule has 0 fully saturated rings. The Morgan fingerprint density at radius 2 is 1.31 bits per heavy atom. The van der Waals surface area contributed by atoms with Crippen molar-refractivity contribution in [2.24, 2.45) is 5.10 Å². The van der Waals surface area contributed by atoms with Crippen LogP contribution in [0.15, 0.2) is 90.0 Å². The number of nitrogens with zero attached hydrogens (tertiary/aromatic N) is 1. The molecular formula is C25H18N2O4S. The van der Waals surface area contributed by atoms with Gasteiger partial charge in [-0.05, 0) is 23.3 Å². The smallest absolute Gasteiger partial charge is 0.346 e. The molecule has 4 rings (SSSR count). The van der Waals surface area contributed by atoms with Gasteiger partial charge in [0.25, 0.3) is 5.91 Å². The van der Waals surface area contributed by atoms with Crippen molar-refractivity contribution < 1.29 is 19.8 Å². The number of aromatic hydroxyl groups is 1. The van der Waals surface area contributed by atoms with Gasteiger partial charge >= 0.3 is 5.97 Å². The van der Waals surface area contributed by atoms with Gasteiger partial charge in [-0.25, -0.2) is 10.2 Å². The quantitative estimate of drug-likeness (QED) is 0.281. The van der Waals surface area contributed by atoms with Gasteiger partial charge in [0.15, 0.2) is 0 Å². The molecule has 3 aromatic carbocycles. The highest BCUT2D eigenvalue weighted by Gasteiger charge is 2.27. The maximum absolute atomic E-state index is 13.1. The Morgan fingerprint density at radius 1 is 0.781 bits per heavy atom. The zero-order chi connectivity index (χ0) is 22.5. The summed E-state index contributed by atoms with van der Waals surface area (Å²) >= 11 is 0.907. The van der Waals surface area contributed by atoms with E-state index in [2.05, 4.69) is 10.5 Å². The van der Waals surface area contributed by atoms with Crippen LogP contribution < -0.4 is 5.43 Å². The molecule has 0 atom stereocenters. The molecule has 158 valence electrons. The molecule has 0 aliphatic carbocycles. The van der Waals surface area contributed by atoms with Crippen molar-refractivity contribution >= 4 is 29.4 Å². The number of hydrazone groups is 1. The average Bonchev–Trinajstić information content (AvgIpc) is 3.23. The fourth-order valence-electron chi connectivity index (χ4n) is 3.31. The molecule has 1 aromatic heterocycles. The lowest BCUT2D eigenvalue weighted by atomic mass is 9.94. The van der Waals surface area contributed by atoms with Crippen LogP contribution in [0.25, 0.3) is 22.3 Å². The van der Waals surface area contributed by atoms with Gasteiger partial charge in [0.1, 0.15) is 15.5 Å². The van der Waals surface area contributed by atoms with E-state index in [1.54, 1.807) is 18.2 Å². The molecular weight excluding hydrogens is 424 g/mol. The number of phenolic OH excluding ortho intramolecular Hbond substituents is 1. The summed E-state index contributed by atoms with van der Waals surface area (Å²) in [7, 11) is 0. The molecule has 0 aliphatic rings. The number of benzene rings is 3. The summed E-state index contributed by atoms with van der Waals surface area (Å²) < 4.78 is 0. The lowest BCUT2D eigenvalue weighted by Crippen LogP contribution is -2.17. The standard InChI is InChI=1S/C25H18N2O4S/c28-19-14-8-7-13-18(19)15-26-27-24(29)22-20(16-9-3-1-4-10-16)21(23(32-22)25(30)31)17-11-5-2-6-12-17/h1-15,28H,(H,27,29)(H,30,31)/b26-15+. The van der Waals surface area contributed by atoms with E-state index in [0.29, 0.717) is 22.3 Å². The molecule has 0 unspecified atom stereocenters. The van der Waals surface area contributed by atoms with Crippen LogP contribution >= 0.6 is 11.3 Å². The molecule has 7 heteroatoms. The molecule has 0 radical (unpaired) electrons. The Bertz CT molecular complexity index is 1300. The number of hydrogen-bond donors (Lipinski definition) is 3. The fourth-order valence-corrected chi connectivity index (χ4v) is 4.38. The summed E-state index contributed by atoms with van der Waals surface area (Å²) in [4.78, 5) is 25.4. The van der Waals surface area contributed by atoms with Crippen LogP contribution in [0.3, 0.4) is 0 Å². The van der Waals surface area contributed by atoms with E-state index in [1.165, 1.54) is 12.3 Å². The van der Waals surface area contributed by atoms with E-state index in [-0.39, 0.29) is 15.5 Å². The zero-order valence-corrected chi connectivity index (χ0v) is 17.5. The van der Waals surface area contributed by atoms with Gasteiger partial charge in [0.05, 0.1) is 6.21 Å². The highest BCUT2D eigenvalue weighted by molar-refractivity contribution is 7.17. The second-order valence-corrected chi connectivity index (χ2v) is 7.83. The van der Waals surface area contributed by atoms with Gasteiger partial charge in [-0.15, -0.1) is 11.3 Å². The maximum atomic E-state index is 13.1. The van der Waals surface area contributed by atoms with Crippen LogP contribution in [-0.2, 0) is 0 Å². The van der Waals surface area contributed by atoms with Crippen molar-refractivity contribution in [3.63, 3.8) is 0 Å². The highest BCUT2D eigenvalue weighted by atomic mass is 32.1. The normalized spacial score (nSPS) is 10.9. The molecule has 0 spiro atoms. The Morgan fingerprint density at radius 3 is 1.88 bits per heavy atom. The van der Waals surface area contributed by atoms with Gasteiger partial charge < -0.3 is 10.2 Å². The fraction of sp³-hybridized carbons (Fsp3) is 0. The number of hydrogen-bond acceptors (Lipinski definition) is 5. The molecule has 0 saturated carbocycles. The van der Waals surface area contributed by atoms with Crippen LogP contribution in [-0.4, -0.2) is 28.3 Å². The lowest BCUT2D eigenvalue weighted by molar-refractivity contribution is 0.0702. The first-order valence-electron chi connectivity index (χ1n) is 9.68. The van der Waals surface area contributed by atoms with Gasteiger partial charge in [0, 0.05) is 16.7 Å². The van der Waals surface area contributed by atoms with E-state index in [1.807, 2.05) is 60.7 Å². The van der Waals surface area contributed by atoms with Gasteiger partial charge in [0.2, 0.25) is 0 Å². The number of amides is 1. The lowest BCUT2D eigenvalue weighted by Gasteiger charge is -2.09. The van der Waals surface area contributed by atoms with Crippen molar-refractivity contribution in [2.75, 3.05) is 0 Å². The summed E-state index contributed by atoms with van der Waals surface area (Å²) in [5, 5.41) is 23.7. The van der Waals surface area contributed by atoms with Crippen molar-refractivity contribution in [1.29, 1.82) is 0 Å². The molecule has 6 nitrogen and oxygen atoms in total. The molecule has 3 N–H and O–H groups in total. The first-order chi connectivity index (χ1) is 15.6. The largest absolute Gasteiger partial charge is 0.507 e. The molecule has 0 aliphatic heterocycles. The topological polar surface area (TPSA) is 99.0 Å². The van der Waals surface area contributed by atoms with Crippen molar-refractivity contribution in [3.8, 4) is 28.0 Å². The van der Waals surface area contributed by atoms with Gasteiger partial charge in [-0.2, -0.15) is 5.10 Å². The zero-order valence-electron chi connectivity index (χ0n) is 16.7. The van der Waals surface area contributed by atoms with Gasteiger partial charge in [-0.3, -0.25) is 4.79 Å². The van der Waals surface area contributed by atoms with Gasteiger partial charge in [-0.1, -0.05) is 72.8 Å². The average molecular weight is 442 g/mol. The Hall–Kier alpha value is -4.23. The van der Waals surface area contributed by atoms with Crippen LogP contribution in [0, 0.1) is 0 Å². The molecule has 0 saturated heterocycles. The number of thiophene rings is 1. The number of phenols is 1. The second-order valence-electron chi connectivity index (χ2n) is 6.81. The second kappa shape index (κ2) is 9.28. The Kier molecular flexibility index (Phi) is 6.10. The minimum atomic E-state index is -1.11. The summed E-state index contributed by atoms with van der Waals surface area (Å²) in [5.41, 5.74) is 5.35. The summed E-state index contributed by atoms with van der Waals surface area (Å²) in [6, 6.07) is 24.9. The monoisotopic (exact) mass is 442 g/mol. The summed E-state index contributed by atoms with van der Waals surface area (Å²) in [6.45, 7) is 0. The number of aromatic carboxylic acids is 1.